The topological polar surface area (TPSA) is 29.5 Å². The Morgan fingerprint density at radius 2 is 1.07 bits per heavy atom. The second-order valence-corrected chi connectivity index (χ2v) is 11.6. The quantitative estimate of drug-likeness (QED) is 0.199. The standard InChI is InChI=1S/C41H31NO2/c1-27(2)40-25-32-24-34(20-22-38(32)43-40)42(35-19-21-37-36-13-6-7-14-39(36)44-41(37)26-35)33-12-8-11-31(23-33)30-17-15-29(16-18-30)28-9-4-3-5-10-28/h3-27H,1-2H3. The van der Waals surface area contributed by atoms with Crippen LogP contribution < -0.4 is 4.90 Å². The van der Waals surface area contributed by atoms with Gasteiger partial charge in [0.15, 0.2) is 0 Å². The van der Waals surface area contributed by atoms with Gasteiger partial charge in [0.25, 0.3) is 0 Å². The second kappa shape index (κ2) is 10.6. The van der Waals surface area contributed by atoms with Crippen molar-refractivity contribution in [1.29, 1.82) is 0 Å². The van der Waals surface area contributed by atoms with Crippen LogP contribution in [0.1, 0.15) is 25.5 Å². The molecule has 0 N–H and O–H groups in total. The summed E-state index contributed by atoms with van der Waals surface area (Å²) in [5.74, 6) is 1.32. The lowest BCUT2D eigenvalue weighted by Crippen LogP contribution is -2.09. The Hall–Kier alpha value is -5.54. The maximum absolute atomic E-state index is 6.31. The molecule has 0 fully saturated rings. The van der Waals surface area contributed by atoms with E-state index in [9.17, 15) is 0 Å². The molecule has 6 aromatic carbocycles. The van der Waals surface area contributed by atoms with E-state index in [4.69, 9.17) is 8.83 Å². The van der Waals surface area contributed by atoms with Crippen LogP contribution in [0.5, 0.6) is 0 Å². The molecule has 8 rings (SSSR count). The van der Waals surface area contributed by atoms with Gasteiger partial charge in [-0.15, -0.1) is 0 Å². The number of para-hydroxylation sites is 1. The smallest absolute Gasteiger partial charge is 0.137 e. The molecule has 0 bridgehead atoms. The van der Waals surface area contributed by atoms with Gasteiger partial charge in [0.05, 0.1) is 0 Å². The van der Waals surface area contributed by atoms with Crippen LogP contribution in [0.2, 0.25) is 0 Å². The van der Waals surface area contributed by atoms with Crippen LogP contribution in [0.25, 0.3) is 55.2 Å². The molecule has 2 aromatic heterocycles. The summed E-state index contributed by atoms with van der Waals surface area (Å²) in [5.41, 5.74) is 10.6. The number of benzene rings is 6. The van der Waals surface area contributed by atoms with E-state index in [-0.39, 0.29) is 0 Å². The molecule has 44 heavy (non-hydrogen) atoms. The molecule has 0 aliphatic rings. The van der Waals surface area contributed by atoms with E-state index >= 15 is 0 Å². The van der Waals surface area contributed by atoms with E-state index in [1.54, 1.807) is 0 Å². The summed E-state index contributed by atoms with van der Waals surface area (Å²) in [6.45, 7) is 4.32. The SMILES string of the molecule is CC(C)c1cc2cc(N(c3cccc(-c4ccc(-c5ccccc5)cc4)c3)c3ccc4c(c3)oc3ccccc34)ccc2o1. The monoisotopic (exact) mass is 569 g/mol. The normalized spacial score (nSPS) is 11.6. The Balaban J connectivity index is 1.25. The molecular weight excluding hydrogens is 538 g/mol. The molecule has 0 saturated carbocycles. The van der Waals surface area contributed by atoms with Crippen LogP contribution in [-0.2, 0) is 0 Å². The van der Waals surface area contributed by atoms with Crippen molar-refractivity contribution >= 4 is 50.0 Å². The minimum atomic E-state index is 0.322. The van der Waals surface area contributed by atoms with Gasteiger partial charge < -0.3 is 13.7 Å². The van der Waals surface area contributed by atoms with Crippen molar-refractivity contribution in [2.24, 2.45) is 0 Å². The summed E-state index contributed by atoms with van der Waals surface area (Å²) < 4.78 is 12.5. The molecule has 0 aliphatic carbocycles. The zero-order valence-corrected chi connectivity index (χ0v) is 24.7. The molecule has 0 radical (unpaired) electrons. The summed E-state index contributed by atoms with van der Waals surface area (Å²) in [5, 5.41) is 3.33. The molecule has 212 valence electrons. The Morgan fingerprint density at radius 1 is 0.432 bits per heavy atom. The number of fused-ring (bicyclic) bond motifs is 4. The second-order valence-electron chi connectivity index (χ2n) is 11.6. The first-order valence-corrected chi connectivity index (χ1v) is 15.1. The van der Waals surface area contributed by atoms with Crippen LogP contribution in [-0.4, -0.2) is 0 Å². The van der Waals surface area contributed by atoms with E-state index in [1.165, 1.54) is 16.7 Å². The number of anilines is 3. The minimum Gasteiger partial charge on any atom is -0.461 e. The summed E-state index contributed by atoms with van der Waals surface area (Å²) in [6, 6.07) is 51.4. The van der Waals surface area contributed by atoms with Crippen LogP contribution in [0.4, 0.5) is 17.1 Å². The summed E-state index contributed by atoms with van der Waals surface area (Å²) in [6.07, 6.45) is 0. The lowest BCUT2D eigenvalue weighted by Gasteiger charge is -2.26. The molecule has 3 heteroatoms. The maximum atomic E-state index is 6.31. The third-order valence-corrected chi connectivity index (χ3v) is 8.40. The molecule has 0 spiro atoms. The fraction of sp³-hybridized carbons (Fsp3) is 0.0732. The minimum absolute atomic E-state index is 0.322. The third kappa shape index (κ3) is 4.63. The molecule has 0 atom stereocenters. The van der Waals surface area contributed by atoms with Gasteiger partial charge in [0.2, 0.25) is 0 Å². The van der Waals surface area contributed by atoms with Gasteiger partial charge in [-0.2, -0.15) is 0 Å². The fourth-order valence-corrected chi connectivity index (χ4v) is 6.09. The first-order chi connectivity index (χ1) is 21.6. The van der Waals surface area contributed by atoms with E-state index in [0.717, 1.165) is 61.3 Å². The van der Waals surface area contributed by atoms with Crippen molar-refractivity contribution in [2.75, 3.05) is 4.90 Å². The van der Waals surface area contributed by atoms with E-state index in [1.807, 2.05) is 12.1 Å². The summed E-state index contributed by atoms with van der Waals surface area (Å²) in [7, 11) is 0. The zero-order chi connectivity index (χ0) is 29.6. The van der Waals surface area contributed by atoms with Crippen LogP contribution >= 0.6 is 0 Å². The third-order valence-electron chi connectivity index (χ3n) is 8.40. The van der Waals surface area contributed by atoms with Crippen molar-refractivity contribution in [3.05, 3.63) is 151 Å². The van der Waals surface area contributed by atoms with Gasteiger partial charge in [0.1, 0.15) is 22.5 Å². The van der Waals surface area contributed by atoms with Crippen molar-refractivity contribution in [3.8, 4) is 22.3 Å². The molecular formula is C41H31NO2. The number of rotatable bonds is 6. The first-order valence-electron chi connectivity index (χ1n) is 15.1. The van der Waals surface area contributed by atoms with Gasteiger partial charge in [-0.3, -0.25) is 0 Å². The highest BCUT2D eigenvalue weighted by atomic mass is 16.3. The molecule has 0 saturated heterocycles. The lowest BCUT2D eigenvalue weighted by molar-refractivity contribution is 0.522. The predicted molar refractivity (Wildman–Crippen MR) is 183 cm³/mol. The van der Waals surface area contributed by atoms with Crippen molar-refractivity contribution in [1.82, 2.24) is 0 Å². The van der Waals surface area contributed by atoms with Gasteiger partial charge in [0, 0.05) is 45.2 Å². The predicted octanol–water partition coefficient (Wildman–Crippen LogP) is 12.3. The number of furan rings is 2. The Bertz CT molecular complexity index is 2250. The molecule has 0 unspecified atom stereocenters. The Morgan fingerprint density at radius 3 is 1.89 bits per heavy atom. The largest absolute Gasteiger partial charge is 0.461 e. The van der Waals surface area contributed by atoms with Crippen LogP contribution in [0, 0.1) is 0 Å². The fourth-order valence-electron chi connectivity index (χ4n) is 6.09. The highest BCUT2D eigenvalue weighted by Crippen LogP contribution is 2.41. The Labute approximate surface area is 256 Å². The summed E-state index contributed by atoms with van der Waals surface area (Å²) in [4.78, 5) is 2.30. The molecule has 3 nitrogen and oxygen atoms in total. The first kappa shape index (κ1) is 26.1. The van der Waals surface area contributed by atoms with Crippen molar-refractivity contribution in [3.63, 3.8) is 0 Å². The van der Waals surface area contributed by atoms with Gasteiger partial charge >= 0.3 is 0 Å². The van der Waals surface area contributed by atoms with E-state index < -0.39 is 0 Å². The highest BCUT2D eigenvalue weighted by Gasteiger charge is 2.18. The van der Waals surface area contributed by atoms with Gasteiger partial charge in [-0.05, 0) is 76.9 Å². The molecule has 8 aromatic rings. The molecule has 2 heterocycles. The van der Waals surface area contributed by atoms with Crippen molar-refractivity contribution in [2.45, 2.75) is 19.8 Å². The molecule has 0 amide bonds. The number of nitrogens with zero attached hydrogens (tertiary/aromatic N) is 1. The van der Waals surface area contributed by atoms with Crippen LogP contribution in [0.3, 0.4) is 0 Å². The average molecular weight is 570 g/mol. The van der Waals surface area contributed by atoms with Crippen LogP contribution in [0.15, 0.2) is 154 Å². The highest BCUT2D eigenvalue weighted by molar-refractivity contribution is 6.06. The van der Waals surface area contributed by atoms with Crippen molar-refractivity contribution < 1.29 is 8.83 Å². The summed E-state index contributed by atoms with van der Waals surface area (Å²) >= 11 is 0. The van der Waals surface area contributed by atoms with E-state index in [0.29, 0.717) is 5.92 Å². The zero-order valence-electron chi connectivity index (χ0n) is 24.7. The number of hydrogen-bond acceptors (Lipinski definition) is 3. The van der Waals surface area contributed by atoms with Gasteiger partial charge in [-0.25, -0.2) is 0 Å². The maximum Gasteiger partial charge on any atom is 0.137 e. The van der Waals surface area contributed by atoms with Gasteiger partial charge in [-0.1, -0.05) is 98.8 Å². The molecule has 0 aliphatic heterocycles. The van der Waals surface area contributed by atoms with E-state index in [2.05, 4.69) is 152 Å². The Kier molecular flexibility index (Phi) is 6.31. The lowest BCUT2D eigenvalue weighted by atomic mass is 9.99. The number of hydrogen-bond donors (Lipinski definition) is 0. The average Bonchev–Trinajstić information content (AvgIpc) is 3.67.